The van der Waals surface area contributed by atoms with Crippen LogP contribution in [0.2, 0.25) is 0 Å². The number of nitrogens with two attached hydrogens (primary N) is 1. The molecule has 0 bridgehead atoms. The standard InChI is InChI=1S/C22H26N2O4.C6H7N/c1-15(23)20(24)11-12-27-18-9-5-7-16(13-18)17-8-6-10-19(14-17)28-22(2,3)21(25)26-4;7-6-4-2-1-3-5-6/h5-10,13-14,23-24H,11-12H2,1-4H3;1-5H,7H2. The summed E-state index contributed by atoms with van der Waals surface area (Å²) in [5.41, 5.74) is 7.48. The fraction of sp³-hybridized carbons (Fsp3) is 0.250. The van der Waals surface area contributed by atoms with Crippen molar-refractivity contribution in [3.8, 4) is 22.6 Å². The molecule has 0 aliphatic heterocycles. The fourth-order valence-corrected chi connectivity index (χ4v) is 3.00. The van der Waals surface area contributed by atoms with E-state index in [1.807, 2.05) is 72.8 Å². The Labute approximate surface area is 206 Å². The summed E-state index contributed by atoms with van der Waals surface area (Å²) in [6.07, 6.45) is 0.394. The Kier molecular flexibility index (Phi) is 10.0. The summed E-state index contributed by atoms with van der Waals surface area (Å²) in [5, 5.41) is 15.1. The van der Waals surface area contributed by atoms with Crippen molar-refractivity contribution >= 4 is 23.1 Å². The number of rotatable bonds is 9. The lowest BCUT2D eigenvalue weighted by Gasteiger charge is -2.23. The van der Waals surface area contributed by atoms with Crippen molar-refractivity contribution in [1.29, 1.82) is 10.8 Å². The molecule has 0 saturated carbocycles. The Bertz CT molecular complexity index is 1140. The molecule has 0 amide bonds. The maximum Gasteiger partial charge on any atom is 0.349 e. The number of carbonyl (C=O) groups is 1. The van der Waals surface area contributed by atoms with Crippen LogP contribution >= 0.6 is 0 Å². The van der Waals surface area contributed by atoms with Gasteiger partial charge in [-0.3, -0.25) is 0 Å². The molecular formula is C28H33N3O4. The van der Waals surface area contributed by atoms with Crippen molar-refractivity contribution in [2.75, 3.05) is 19.5 Å². The first-order chi connectivity index (χ1) is 16.6. The normalized spacial score (nSPS) is 10.4. The van der Waals surface area contributed by atoms with Gasteiger partial charge in [0, 0.05) is 17.8 Å². The third-order valence-corrected chi connectivity index (χ3v) is 4.92. The third-order valence-electron chi connectivity index (χ3n) is 4.92. The molecular weight excluding hydrogens is 442 g/mol. The topological polar surface area (TPSA) is 118 Å². The predicted molar refractivity (Wildman–Crippen MR) is 141 cm³/mol. The van der Waals surface area contributed by atoms with Crippen molar-refractivity contribution in [3.05, 3.63) is 78.9 Å². The quantitative estimate of drug-likeness (QED) is 0.206. The van der Waals surface area contributed by atoms with Crippen LogP contribution in [-0.4, -0.2) is 36.7 Å². The van der Waals surface area contributed by atoms with E-state index in [4.69, 9.17) is 30.8 Å². The van der Waals surface area contributed by atoms with Crippen LogP contribution in [0.5, 0.6) is 11.5 Å². The van der Waals surface area contributed by atoms with Gasteiger partial charge in [0.25, 0.3) is 0 Å². The number of carbonyl (C=O) groups excluding carboxylic acids is 1. The lowest BCUT2D eigenvalue weighted by atomic mass is 10.0. The van der Waals surface area contributed by atoms with E-state index in [2.05, 4.69) is 0 Å². The highest BCUT2D eigenvalue weighted by Crippen LogP contribution is 2.29. The van der Waals surface area contributed by atoms with E-state index >= 15 is 0 Å². The molecule has 4 N–H and O–H groups in total. The summed E-state index contributed by atoms with van der Waals surface area (Å²) in [6, 6.07) is 24.6. The molecule has 0 aliphatic carbocycles. The van der Waals surface area contributed by atoms with E-state index < -0.39 is 11.6 Å². The van der Waals surface area contributed by atoms with Gasteiger partial charge < -0.3 is 30.8 Å². The molecule has 0 radical (unpaired) electrons. The number of anilines is 1. The molecule has 0 unspecified atom stereocenters. The number of methoxy groups -OCH3 is 1. The first-order valence-electron chi connectivity index (χ1n) is 11.2. The number of benzene rings is 3. The molecule has 0 aromatic heterocycles. The Morgan fingerprint density at radius 2 is 1.46 bits per heavy atom. The first-order valence-corrected chi connectivity index (χ1v) is 11.2. The van der Waals surface area contributed by atoms with Gasteiger partial charge in [0.05, 0.1) is 19.4 Å². The fourth-order valence-electron chi connectivity index (χ4n) is 3.00. The minimum absolute atomic E-state index is 0.254. The average Bonchev–Trinajstić information content (AvgIpc) is 2.84. The van der Waals surface area contributed by atoms with Crippen LogP contribution in [0.1, 0.15) is 27.2 Å². The smallest absolute Gasteiger partial charge is 0.349 e. The highest BCUT2D eigenvalue weighted by atomic mass is 16.6. The molecule has 0 saturated heterocycles. The van der Waals surface area contributed by atoms with Gasteiger partial charge >= 0.3 is 5.97 Å². The maximum atomic E-state index is 11.8. The Hall–Kier alpha value is -4.13. The van der Waals surface area contributed by atoms with Crippen LogP contribution in [0.25, 0.3) is 11.1 Å². The zero-order valence-electron chi connectivity index (χ0n) is 20.6. The van der Waals surface area contributed by atoms with Gasteiger partial charge in [-0.05, 0) is 68.3 Å². The third kappa shape index (κ3) is 8.97. The second-order valence-electron chi connectivity index (χ2n) is 8.27. The average molecular weight is 476 g/mol. The number of nitrogen functional groups attached to an aromatic ring is 1. The molecule has 3 aromatic carbocycles. The zero-order chi connectivity index (χ0) is 25.8. The predicted octanol–water partition coefficient (Wildman–Crippen LogP) is 5.78. The van der Waals surface area contributed by atoms with Gasteiger partial charge in [-0.25, -0.2) is 4.79 Å². The minimum Gasteiger partial charge on any atom is -0.493 e. The van der Waals surface area contributed by atoms with E-state index in [9.17, 15) is 4.79 Å². The van der Waals surface area contributed by atoms with Gasteiger partial charge in [0.2, 0.25) is 0 Å². The molecule has 7 nitrogen and oxygen atoms in total. The second kappa shape index (κ2) is 12.9. The Morgan fingerprint density at radius 3 is 1.97 bits per heavy atom. The molecule has 35 heavy (non-hydrogen) atoms. The summed E-state index contributed by atoms with van der Waals surface area (Å²) in [6.45, 7) is 5.26. The molecule has 184 valence electrons. The highest BCUT2D eigenvalue weighted by Gasteiger charge is 2.31. The Morgan fingerprint density at radius 1 is 0.886 bits per heavy atom. The minimum atomic E-state index is -1.09. The van der Waals surface area contributed by atoms with Crippen molar-refractivity contribution in [2.24, 2.45) is 0 Å². The van der Waals surface area contributed by atoms with Crippen LogP contribution < -0.4 is 15.2 Å². The lowest BCUT2D eigenvalue weighted by molar-refractivity contribution is -0.156. The van der Waals surface area contributed by atoms with E-state index in [1.54, 1.807) is 26.8 Å². The first kappa shape index (κ1) is 27.1. The van der Waals surface area contributed by atoms with Gasteiger partial charge in [0.1, 0.15) is 11.5 Å². The van der Waals surface area contributed by atoms with Gasteiger partial charge in [-0.15, -0.1) is 0 Å². The molecule has 0 aliphatic rings. The van der Waals surface area contributed by atoms with Crippen molar-refractivity contribution in [3.63, 3.8) is 0 Å². The monoisotopic (exact) mass is 475 g/mol. The SMILES string of the molecule is COC(=O)C(C)(C)Oc1cccc(-c2cccc(OCCC(=N)C(C)=N)c2)c1.Nc1ccccc1. The zero-order valence-corrected chi connectivity index (χ0v) is 20.6. The van der Waals surface area contributed by atoms with Crippen molar-refractivity contribution < 1.29 is 19.0 Å². The second-order valence-corrected chi connectivity index (χ2v) is 8.27. The van der Waals surface area contributed by atoms with Crippen LogP contribution in [-0.2, 0) is 9.53 Å². The summed E-state index contributed by atoms with van der Waals surface area (Å²) >= 11 is 0. The lowest BCUT2D eigenvalue weighted by Crippen LogP contribution is -2.39. The Balaban J connectivity index is 0.000000527. The number of para-hydroxylation sites is 1. The van der Waals surface area contributed by atoms with E-state index in [0.717, 1.165) is 16.8 Å². The number of hydrogen-bond donors (Lipinski definition) is 3. The van der Waals surface area contributed by atoms with Crippen LogP contribution in [0.15, 0.2) is 78.9 Å². The van der Waals surface area contributed by atoms with Crippen LogP contribution in [0.3, 0.4) is 0 Å². The van der Waals surface area contributed by atoms with Gasteiger partial charge in [-0.2, -0.15) is 0 Å². The summed E-state index contributed by atoms with van der Waals surface area (Å²) in [5.74, 6) is 0.808. The van der Waals surface area contributed by atoms with Crippen LogP contribution in [0, 0.1) is 10.8 Å². The molecule has 0 heterocycles. The number of nitrogens with one attached hydrogen (secondary N) is 2. The molecule has 7 heteroatoms. The summed E-state index contributed by atoms with van der Waals surface area (Å²) < 4.78 is 16.3. The largest absolute Gasteiger partial charge is 0.493 e. The van der Waals surface area contributed by atoms with E-state index in [-0.39, 0.29) is 11.4 Å². The van der Waals surface area contributed by atoms with Gasteiger partial charge in [0.15, 0.2) is 5.60 Å². The number of esters is 1. The van der Waals surface area contributed by atoms with Crippen molar-refractivity contribution in [1.82, 2.24) is 0 Å². The molecule has 0 spiro atoms. The molecule has 3 aromatic rings. The van der Waals surface area contributed by atoms with Crippen molar-refractivity contribution in [2.45, 2.75) is 32.8 Å². The molecule has 0 fully saturated rings. The summed E-state index contributed by atoms with van der Waals surface area (Å²) in [4.78, 5) is 11.8. The van der Waals surface area contributed by atoms with E-state index in [1.165, 1.54) is 7.11 Å². The molecule has 3 rings (SSSR count). The summed E-state index contributed by atoms with van der Waals surface area (Å²) in [7, 11) is 1.33. The number of hydrogen-bond acceptors (Lipinski definition) is 7. The molecule has 0 atom stereocenters. The maximum absolute atomic E-state index is 11.8. The highest BCUT2D eigenvalue weighted by molar-refractivity contribution is 6.38. The number of ether oxygens (including phenoxy) is 3. The van der Waals surface area contributed by atoms with Crippen LogP contribution in [0.4, 0.5) is 5.69 Å². The van der Waals surface area contributed by atoms with E-state index in [0.29, 0.717) is 24.5 Å². The van der Waals surface area contributed by atoms with Gasteiger partial charge in [-0.1, -0.05) is 42.5 Å².